The summed E-state index contributed by atoms with van der Waals surface area (Å²) in [6, 6.07) is 2.00. The zero-order chi connectivity index (χ0) is 17.3. The van der Waals surface area contributed by atoms with Crippen molar-refractivity contribution in [3.8, 4) is 11.5 Å². The van der Waals surface area contributed by atoms with Gasteiger partial charge in [-0.15, -0.1) is 0 Å². The molecule has 1 aromatic rings. The SMILES string of the molecule is CCC(C)(C)C(=O)Oc1cc(F)c(OC2(C)CCCC2)c(F)c1. The summed E-state index contributed by atoms with van der Waals surface area (Å²) in [6.07, 6.45) is 4.08. The van der Waals surface area contributed by atoms with E-state index >= 15 is 0 Å². The summed E-state index contributed by atoms with van der Waals surface area (Å²) in [5.74, 6) is -2.76. The third-order valence-electron chi connectivity index (χ3n) is 4.63. The second-order valence-electron chi connectivity index (χ2n) is 7.10. The molecule has 0 N–H and O–H groups in total. The lowest BCUT2D eigenvalue weighted by atomic mass is 9.91. The normalized spacial score (nSPS) is 17.1. The highest BCUT2D eigenvalue weighted by Crippen LogP contribution is 2.37. The lowest BCUT2D eigenvalue weighted by Gasteiger charge is -2.26. The third-order valence-corrected chi connectivity index (χ3v) is 4.63. The molecule has 0 atom stereocenters. The largest absolute Gasteiger partial charge is 0.481 e. The Kier molecular flexibility index (Phi) is 4.97. The summed E-state index contributed by atoms with van der Waals surface area (Å²) >= 11 is 0. The molecule has 2 rings (SSSR count). The van der Waals surface area contributed by atoms with Crippen molar-refractivity contribution < 1.29 is 23.0 Å². The highest BCUT2D eigenvalue weighted by molar-refractivity contribution is 5.78. The van der Waals surface area contributed by atoms with Gasteiger partial charge in [-0.3, -0.25) is 4.79 Å². The van der Waals surface area contributed by atoms with Crippen LogP contribution in [-0.4, -0.2) is 11.6 Å². The van der Waals surface area contributed by atoms with Gasteiger partial charge in [0.25, 0.3) is 0 Å². The molecular weight excluding hydrogens is 302 g/mol. The smallest absolute Gasteiger partial charge is 0.316 e. The van der Waals surface area contributed by atoms with E-state index < -0.39 is 34.4 Å². The molecule has 5 heteroatoms. The van der Waals surface area contributed by atoms with E-state index in [1.165, 1.54) is 0 Å². The molecule has 0 unspecified atom stereocenters. The molecule has 128 valence electrons. The molecule has 1 fully saturated rings. The van der Waals surface area contributed by atoms with Crippen molar-refractivity contribution in [2.75, 3.05) is 0 Å². The van der Waals surface area contributed by atoms with Gasteiger partial charge in [0.1, 0.15) is 11.4 Å². The van der Waals surface area contributed by atoms with Crippen LogP contribution in [0.1, 0.15) is 59.8 Å². The minimum Gasteiger partial charge on any atom is -0.481 e. The molecule has 1 aromatic carbocycles. The number of rotatable bonds is 5. The van der Waals surface area contributed by atoms with Gasteiger partial charge < -0.3 is 9.47 Å². The molecule has 1 aliphatic rings. The Bertz CT molecular complexity index is 567. The van der Waals surface area contributed by atoms with Gasteiger partial charge in [-0.25, -0.2) is 8.78 Å². The van der Waals surface area contributed by atoms with E-state index in [0.717, 1.165) is 37.8 Å². The number of ether oxygens (including phenoxy) is 2. The van der Waals surface area contributed by atoms with Crippen LogP contribution in [0.15, 0.2) is 12.1 Å². The Morgan fingerprint density at radius 2 is 1.74 bits per heavy atom. The van der Waals surface area contributed by atoms with Crippen LogP contribution in [0.5, 0.6) is 11.5 Å². The Balaban J connectivity index is 2.18. The van der Waals surface area contributed by atoms with Crippen LogP contribution in [0.4, 0.5) is 8.78 Å². The molecule has 0 aliphatic heterocycles. The van der Waals surface area contributed by atoms with E-state index in [0.29, 0.717) is 6.42 Å². The summed E-state index contributed by atoms with van der Waals surface area (Å²) < 4.78 is 39.1. The third kappa shape index (κ3) is 4.01. The van der Waals surface area contributed by atoms with E-state index in [-0.39, 0.29) is 5.75 Å². The first-order valence-electron chi connectivity index (χ1n) is 8.07. The van der Waals surface area contributed by atoms with Crippen molar-refractivity contribution in [2.45, 2.75) is 65.4 Å². The van der Waals surface area contributed by atoms with Crippen LogP contribution < -0.4 is 9.47 Å². The van der Waals surface area contributed by atoms with E-state index in [1.807, 2.05) is 13.8 Å². The quantitative estimate of drug-likeness (QED) is 0.563. The van der Waals surface area contributed by atoms with Crippen molar-refractivity contribution in [2.24, 2.45) is 5.41 Å². The van der Waals surface area contributed by atoms with Crippen molar-refractivity contribution in [3.63, 3.8) is 0 Å². The van der Waals surface area contributed by atoms with E-state index in [1.54, 1.807) is 13.8 Å². The van der Waals surface area contributed by atoms with Gasteiger partial charge in [-0.2, -0.15) is 0 Å². The number of halogens is 2. The number of esters is 1. The zero-order valence-electron chi connectivity index (χ0n) is 14.2. The molecule has 23 heavy (non-hydrogen) atoms. The van der Waals surface area contributed by atoms with Crippen LogP contribution in [0.2, 0.25) is 0 Å². The molecule has 0 saturated heterocycles. The molecule has 1 aliphatic carbocycles. The minimum absolute atomic E-state index is 0.143. The average Bonchev–Trinajstić information content (AvgIpc) is 2.90. The maximum absolute atomic E-state index is 14.2. The standard InChI is InChI=1S/C18H24F2O3/c1-5-17(2,3)16(21)22-12-10-13(19)15(14(20)11-12)23-18(4)8-6-7-9-18/h10-11H,5-9H2,1-4H3. The van der Waals surface area contributed by atoms with Gasteiger partial charge in [0, 0.05) is 12.1 Å². The summed E-state index contributed by atoms with van der Waals surface area (Å²) in [5.41, 5.74) is -1.25. The first-order valence-corrected chi connectivity index (χ1v) is 8.07. The lowest BCUT2D eigenvalue weighted by molar-refractivity contribution is -0.144. The molecule has 0 spiro atoms. The number of benzene rings is 1. The second kappa shape index (κ2) is 6.46. The summed E-state index contributed by atoms with van der Waals surface area (Å²) in [7, 11) is 0. The summed E-state index contributed by atoms with van der Waals surface area (Å²) in [4.78, 5) is 12.0. The fourth-order valence-corrected chi connectivity index (χ4v) is 2.55. The number of carbonyl (C=O) groups excluding carboxylic acids is 1. The van der Waals surface area contributed by atoms with Crippen molar-refractivity contribution in [1.82, 2.24) is 0 Å². The van der Waals surface area contributed by atoms with E-state index in [2.05, 4.69) is 0 Å². The molecule has 0 radical (unpaired) electrons. The van der Waals surface area contributed by atoms with Crippen LogP contribution in [-0.2, 0) is 4.79 Å². The Morgan fingerprint density at radius 1 is 1.22 bits per heavy atom. The predicted octanol–water partition coefficient (Wildman–Crippen LogP) is 5.02. The molecule has 1 saturated carbocycles. The van der Waals surface area contributed by atoms with Crippen molar-refractivity contribution in [3.05, 3.63) is 23.8 Å². The van der Waals surface area contributed by atoms with Crippen LogP contribution >= 0.6 is 0 Å². The van der Waals surface area contributed by atoms with Gasteiger partial charge >= 0.3 is 5.97 Å². The monoisotopic (exact) mass is 326 g/mol. The van der Waals surface area contributed by atoms with Gasteiger partial charge in [0.2, 0.25) is 0 Å². The minimum atomic E-state index is -0.852. The fraction of sp³-hybridized carbons (Fsp3) is 0.611. The lowest BCUT2D eigenvalue weighted by Crippen LogP contribution is -2.29. The number of hydrogen-bond acceptors (Lipinski definition) is 3. The Morgan fingerprint density at radius 3 is 2.22 bits per heavy atom. The maximum Gasteiger partial charge on any atom is 0.316 e. The zero-order valence-corrected chi connectivity index (χ0v) is 14.2. The Labute approximate surface area is 136 Å². The fourth-order valence-electron chi connectivity index (χ4n) is 2.55. The van der Waals surface area contributed by atoms with Crippen molar-refractivity contribution in [1.29, 1.82) is 0 Å². The molecule has 0 aromatic heterocycles. The van der Waals surface area contributed by atoms with Crippen LogP contribution in [0.25, 0.3) is 0 Å². The van der Waals surface area contributed by atoms with Gasteiger partial charge in [-0.1, -0.05) is 6.92 Å². The predicted molar refractivity (Wildman–Crippen MR) is 83.6 cm³/mol. The molecule has 0 heterocycles. The van der Waals surface area contributed by atoms with Gasteiger partial charge in [0.15, 0.2) is 17.4 Å². The van der Waals surface area contributed by atoms with Crippen LogP contribution in [0.3, 0.4) is 0 Å². The molecular formula is C18H24F2O3. The molecule has 3 nitrogen and oxygen atoms in total. The van der Waals surface area contributed by atoms with Crippen LogP contribution in [0, 0.1) is 17.0 Å². The summed E-state index contributed by atoms with van der Waals surface area (Å²) in [6.45, 7) is 7.15. The first-order chi connectivity index (χ1) is 10.7. The number of hydrogen-bond donors (Lipinski definition) is 0. The van der Waals surface area contributed by atoms with Gasteiger partial charge in [0.05, 0.1) is 5.41 Å². The van der Waals surface area contributed by atoms with E-state index in [4.69, 9.17) is 9.47 Å². The first kappa shape index (κ1) is 17.7. The average molecular weight is 326 g/mol. The highest BCUT2D eigenvalue weighted by Gasteiger charge is 2.33. The number of carbonyl (C=O) groups is 1. The maximum atomic E-state index is 14.2. The second-order valence-corrected chi connectivity index (χ2v) is 7.10. The highest BCUT2D eigenvalue weighted by atomic mass is 19.1. The molecule has 0 amide bonds. The van der Waals surface area contributed by atoms with Crippen molar-refractivity contribution >= 4 is 5.97 Å². The summed E-state index contributed by atoms with van der Waals surface area (Å²) in [5, 5.41) is 0. The molecule has 0 bridgehead atoms. The Hall–Kier alpha value is -1.65. The van der Waals surface area contributed by atoms with E-state index in [9.17, 15) is 13.6 Å². The van der Waals surface area contributed by atoms with Gasteiger partial charge in [-0.05, 0) is 52.9 Å². The topological polar surface area (TPSA) is 35.5 Å².